The van der Waals surface area contributed by atoms with E-state index in [0.29, 0.717) is 6.07 Å². The van der Waals surface area contributed by atoms with Gasteiger partial charge < -0.3 is 15.4 Å². The van der Waals surface area contributed by atoms with E-state index in [1.807, 2.05) is 0 Å². The van der Waals surface area contributed by atoms with Gasteiger partial charge in [0.2, 0.25) is 0 Å². The van der Waals surface area contributed by atoms with Gasteiger partial charge in [-0.2, -0.15) is 0 Å². The molecule has 0 unspecified atom stereocenters. The predicted molar refractivity (Wildman–Crippen MR) is 92.6 cm³/mol. The Kier molecular flexibility index (Phi) is 7.14. The monoisotopic (exact) mass is 394 g/mol. The third-order valence-electron chi connectivity index (χ3n) is 3.65. The van der Waals surface area contributed by atoms with Crippen LogP contribution in [0.15, 0.2) is 42.5 Å². The number of rotatable bonds is 7. The van der Waals surface area contributed by atoms with E-state index in [4.69, 9.17) is 4.74 Å². The first-order valence-corrected chi connectivity index (χ1v) is 8.20. The van der Waals surface area contributed by atoms with Gasteiger partial charge in [0.1, 0.15) is 24.0 Å². The second kappa shape index (κ2) is 9.54. The molecule has 2 aromatic carbocycles. The molecule has 0 aliphatic carbocycles. The first kappa shape index (κ1) is 20.9. The summed E-state index contributed by atoms with van der Waals surface area (Å²) in [5, 5.41) is 4.63. The zero-order chi connectivity index (χ0) is 20.7. The second-order valence-electron chi connectivity index (χ2n) is 5.81. The van der Waals surface area contributed by atoms with Crippen LogP contribution in [0.5, 0.6) is 0 Å². The molecule has 6 nitrogen and oxygen atoms in total. The first-order chi connectivity index (χ1) is 13.3. The fourth-order valence-electron chi connectivity index (χ4n) is 2.29. The molecule has 0 heterocycles. The number of carbonyl (C=O) groups is 3. The lowest BCUT2D eigenvalue weighted by atomic mass is 10.1. The minimum Gasteiger partial charge on any atom is -0.454 e. The van der Waals surface area contributed by atoms with Crippen molar-refractivity contribution in [1.29, 1.82) is 0 Å². The fraction of sp³-hybridized carbons (Fsp3) is 0.211. The van der Waals surface area contributed by atoms with Gasteiger partial charge in [0.15, 0.2) is 6.61 Å². The highest BCUT2D eigenvalue weighted by atomic mass is 19.1. The summed E-state index contributed by atoms with van der Waals surface area (Å²) in [5.74, 6) is -4.43. The van der Waals surface area contributed by atoms with Crippen LogP contribution in [-0.2, 0) is 14.3 Å². The largest absolute Gasteiger partial charge is 0.454 e. The molecule has 0 bridgehead atoms. The van der Waals surface area contributed by atoms with Crippen LogP contribution in [-0.4, -0.2) is 30.9 Å². The lowest BCUT2D eigenvalue weighted by Gasteiger charge is -2.15. The highest BCUT2D eigenvalue weighted by Crippen LogP contribution is 2.17. The molecule has 28 heavy (non-hydrogen) atoms. The minimum absolute atomic E-state index is 0.0284. The van der Waals surface area contributed by atoms with Crippen molar-refractivity contribution in [3.63, 3.8) is 0 Å². The maximum Gasteiger partial charge on any atom is 0.325 e. The van der Waals surface area contributed by atoms with E-state index in [2.05, 4.69) is 10.6 Å². The predicted octanol–water partition coefficient (Wildman–Crippen LogP) is 2.25. The lowest BCUT2D eigenvalue weighted by molar-refractivity contribution is -0.147. The van der Waals surface area contributed by atoms with Crippen LogP contribution in [0.2, 0.25) is 0 Å². The van der Waals surface area contributed by atoms with E-state index in [9.17, 15) is 27.6 Å². The Morgan fingerprint density at radius 3 is 2.43 bits per heavy atom. The average Bonchev–Trinajstić information content (AvgIpc) is 2.64. The summed E-state index contributed by atoms with van der Waals surface area (Å²) in [6.45, 7) is 0.307. The van der Waals surface area contributed by atoms with Crippen LogP contribution in [0.4, 0.5) is 13.2 Å². The third-order valence-corrected chi connectivity index (χ3v) is 3.65. The Morgan fingerprint density at radius 2 is 1.75 bits per heavy atom. The van der Waals surface area contributed by atoms with Crippen molar-refractivity contribution in [2.45, 2.75) is 13.0 Å². The molecule has 0 aliphatic heterocycles. The Hall–Kier alpha value is -3.36. The van der Waals surface area contributed by atoms with Gasteiger partial charge in [-0.1, -0.05) is 12.1 Å². The molecule has 0 aromatic heterocycles. The summed E-state index contributed by atoms with van der Waals surface area (Å²) in [6.07, 6.45) is 0. The molecule has 148 valence electrons. The smallest absolute Gasteiger partial charge is 0.325 e. The van der Waals surface area contributed by atoms with Crippen molar-refractivity contribution in [2.24, 2.45) is 0 Å². The van der Waals surface area contributed by atoms with Crippen molar-refractivity contribution in [2.75, 3.05) is 13.2 Å². The van der Waals surface area contributed by atoms with E-state index < -0.39 is 54.4 Å². The van der Waals surface area contributed by atoms with Crippen molar-refractivity contribution in [1.82, 2.24) is 10.6 Å². The highest BCUT2D eigenvalue weighted by molar-refractivity contribution is 5.96. The van der Waals surface area contributed by atoms with Gasteiger partial charge in [0.05, 0.1) is 6.04 Å². The van der Waals surface area contributed by atoms with E-state index in [0.717, 1.165) is 12.1 Å². The Balaban J connectivity index is 1.76. The van der Waals surface area contributed by atoms with Crippen LogP contribution in [0, 0.1) is 17.5 Å². The number of nitrogens with one attached hydrogen (secondary N) is 2. The normalized spacial score (nSPS) is 11.4. The number of hydrogen-bond donors (Lipinski definition) is 2. The molecule has 2 N–H and O–H groups in total. The van der Waals surface area contributed by atoms with Gasteiger partial charge in [-0.15, -0.1) is 0 Å². The first-order valence-electron chi connectivity index (χ1n) is 8.20. The maximum atomic E-state index is 13.7. The Morgan fingerprint density at radius 1 is 1.04 bits per heavy atom. The highest BCUT2D eigenvalue weighted by Gasteiger charge is 2.16. The number of esters is 1. The SMILES string of the molecule is C[C@H](NC(=O)COC(=O)CNC(=O)c1cccc(F)c1)c1ccc(F)cc1F. The van der Waals surface area contributed by atoms with Crippen molar-refractivity contribution in [3.05, 3.63) is 71.0 Å². The van der Waals surface area contributed by atoms with Gasteiger partial charge in [0.25, 0.3) is 11.8 Å². The number of hydrogen-bond acceptors (Lipinski definition) is 4. The number of amides is 2. The summed E-state index contributed by atoms with van der Waals surface area (Å²) in [5.41, 5.74) is 0.101. The standard InChI is InChI=1S/C19H17F3N2O4/c1-11(15-6-5-14(21)8-16(15)22)24-17(25)10-28-18(26)9-23-19(27)12-3-2-4-13(20)7-12/h2-8,11H,9-10H2,1H3,(H,23,27)(H,24,25)/t11-/m0/s1. The number of carbonyl (C=O) groups excluding carboxylic acids is 3. The van der Waals surface area contributed by atoms with Crippen molar-refractivity contribution < 1.29 is 32.3 Å². The molecule has 2 aromatic rings. The molecule has 0 radical (unpaired) electrons. The van der Waals surface area contributed by atoms with Gasteiger partial charge in [-0.3, -0.25) is 14.4 Å². The number of ether oxygens (including phenoxy) is 1. The lowest BCUT2D eigenvalue weighted by Crippen LogP contribution is -2.35. The van der Waals surface area contributed by atoms with Gasteiger partial charge in [0, 0.05) is 17.2 Å². The van der Waals surface area contributed by atoms with E-state index >= 15 is 0 Å². The molecule has 0 saturated heterocycles. The quantitative estimate of drug-likeness (QED) is 0.706. The zero-order valence-corrected chi connectivity index (χ0v) is 14.8. The van der Waals surface area contributed by atoms with Crippen LogP contribution in [0.3, 0.4) is 0 Å². The molecule has 9 heteroatoms. The van der Waals surface area contributed by atoms with E-state index in [1.54, 1.807) is 0 Å². The van der Waals surface area contributed by atoms with Gasteiger partial charge >= 0.3 is 5.97 Å². The molecule has 2 rings (SSSR count). The van der Waals surface area contributed by atoms with Crippen LogP contribution in [0.25, 0.3) is 0 Å². The minimum atomic E-state index is -0.888. The molecular formula is C19H17F3N2O4. The molecular weight excluding hydrogens is 377 g/mol. The van der Waals surface area contributed by atoms with Crippen LogP contribution < -0.4 is 10.6 Å². The van der Waals surface area contributed by atoms with Crippen molar-refractivity contribution >= 4 is 17.8 Å². The topological polar surface area (TPSA) is 84.5 Å². The van der Waals surface area contributed by atoms with Crippen LogP contribution in [0.1, 0.15) is 28.9 Å². The van der Waals surface area contributed by atoms with E-state index in [-0.39, 0.29) is 11.1 Å². The van der Waals surface area contributed by atoms with Crippen LogP contribution >= 0.6 is 0 Å². The molecule has 0 aliphatic rings. The summed E-state index contributed by atoms with van der Waals surface area (Å²) in [6, 6.07) is 7.06. The maximum absolute atomic E-state index is 13.7. The fourth-order valence-corrected chi connectivity index (χ4v) is 2.29. The molecule has 0 fully saturated rings. The molecule has 2 amide bonds. The Labute approximate surface area is 158 Å². The molecule has 0 spiro atoms. The summed E-state index contributed by atoms with van der Waals surface area (Å²) >= 11 is 0. The summed E-state index contributed by atoms with van der Waals surface area (Å²) < 4.78 is 44.3. The van der Waals surface area contributed by atoms with Gasteiger partial charge in [-0.05, 0) is 31.2 Å². The summed E-state index contributed by atoms with van der Waals surface area (Å²) in [7, 11) is 0. The van der Waals surface area contributed by atoms with E-state index in [1.165, 1.54) is 31.2 Å². The third kappa shape index (κ3) is 6.11. The number of benzene rings is 2. The molecule has 0 saturated carbocycles. The molecule has 1 atom stereocenters. The zero-order valence-electron chi connectivity index (χ0n) is 14.8. The second-order valence-corrected chi connectivity index (χ2v) is 5.81. The van der Waals surface area contributed by atoms with Crippen molar-refractivity contribution in [3.8, 4) is 0 Å². The number of halogens is 3. The van der Waals surface area contributed by atoms with Gasteiger partial charge in [-0.25, -0.2) is 13.2 Å². The summed E-state index contributed by atoms with van der Waals surface area (Å²) in [4.78, 5) is 35.2. The average molecular weight is 394 g/mol. The Bertz CT molecular complexity index is 889.